The smallest absolute Gasteiger partial charge is 0.101 e. The van der Waals surface area contributed by atoms with Crippen molar-refractivity contribution in [1.82, 2.24) is 0 Å². The first-order valence-electron chi connectivity index (χ1n) is 21.5. The van der Waals surface area contributed by atoms with Gasteiger partial charge in [0.1, 0.15) is 12.1 Å². The van der Waals surface area contributed by atoms with Crippen LogP contribution in [0.2, 0.25) is 0 Å². The molecule has 0 amide bonds. The van der Waals surface area contributed by atoms with Gasteiger partial charge in [0.2, 0.25) is 0 Å². The lowest BCUT2D eigenvalue weighted by Crippen LogP contribution is -2.26. The van der Waals surface area contributed by atoms with E-state index in [1.54, 1.807) is 6.08 Å². The van der Waals surface area contributed by atoms with Crippen LogP contribution in [0.3, 0.4) is 0 Å². The van der Waals surface area contributed by atoms with E-state index in [2.05, 4.69) is 162 Å². The molecule has 11 rings (SSSR count). The topological polar surface area (TPSA) is 54.1 Å². The van der Waals surface area contributed by atoms with E-state index in [0.717, 1.165) is 44.9 Å². The standard InChI is InChI=1S/C60H40N4/c1-3-17-56(40(4-2)38-61)63(44-19-7-5-8-20-44)46-30-34-48-41(36-46)28-32-52-53-33-29-42-37-47(64(45-21-9-6-10-22-45)57-27-16-11-18-43(57)39-62)31-35-49(42)59(53)60(58(48)52)54-25-14-12-23-50(54)51-24-13-15-26-55(51)60/h3-37H,1H2,2H3/b40-4-,56-17+. The van der Waals surface area contributed by atoms with E-state index in [1.165, 1.54) is 55.3 Å². The van der Waals surface area contributed by atoms with Crippen LogP contribution in [0.15, 0.2) is 230 Å². The monoisotopic (exact) mass is 816 g/mol. The second-order valence-electron chi connectivity index (χ2n) is 16.2. The van der Waals surface area contributed by atoms with E-state index in [-0.39, 0.29) is 0 Å². The van der Waals surface area contributed by atoms with Gasteiger partial charge in [-0.1, -0.05) is 152 Å². The average Bonchev–Trinajstić information content (AvgIpc) is 3.83. The summed E-state index contributed by atoms with van der Waals surface area (Å²) in [7, 11) is 0. The summed E-state index contributed by atoms with van der Waals surface area (Å²) in [6.45, 7) is 5.92. The number of para-hydroxylation sites is 3. The molecular weight excluding hydrogens is 777 g/mol. The summed E-state index contributed by atoms with van der Waals surface area (Å²) in [5.41, 5.74) is 16.0. The van der Waals surface area contributed by atoms with Crippen molar-refractivity contribution in [1.29, 1.82) is 10.5 Å². The number of nitrogens with zero attached hydrogens (tertiary/aromatic N) is 4. The lowest BCUT2D eigenvalue weighted by molar-refractivity contribution is 0.809. The normalized spacial score (nSPS) is 13.1. The molecule has 9 aromatic rings. The Balaban J connectivity index is 1.18. The number of anilines is 5. The number of nitriles is 2. The van der Waals surface area contributed by atoms with Crippen LogP contribution >= 0.6 is 0 Å². The van der Waals surface area contributed by atoms with Crippen LogP contribution in [0, 0.1) is 22.7 Å². The first kappa shape index (κ1) is 38.2. The predicted molar refractivity (Wildman–Crippen MR) is 263 cm³/mol. The van der Waals surface area contributed by atoms with Crippen LogP contribution in [0.25, 0.3) is 43.8 Å². The maximum atomic E-state index is 10.3. The van der Waals surface area contributed by atoms with Crippen LogP contribution in [0.5, 0.6) is 0 Å². The molecule has 0 unspecified atom stereocenters. The number of hydrogen-bond donors (Lipinski definition) is 0. The van der Waals surface area contributed by atoms with Gasteiger partial charge < -0.3 is 9.80 Å². The number of hydrogen-bond acceptors (Lipinski definition) is 4. The zero-order valence-electron chi connectivity index (χ0n) is 35.2. The molecule has 64 heavy (non-hydrogen) atoms. The fourth-order valence-corrected chi connectivity index (χ4v) is 10.5. The molecule has 9 aromatic carbocycles. The molecule has 1 spiro atoms. The highest BCUT2D eigenvalue weighted by Gasteiger charge is 2.53. The van der Waals surface area contributed by atoms with Gasteiger partial charge in [-0.3, -0.25) is 0 Å². The Kier molecular flexibility index (Phi) is 9.16. The SMILES string of the molecule is C=C/C=C(\C(C#N)=C/C)N(c1ccccc1)c1ccc2c3c(ccc2c1)-c1ccc2cc(N(c4ccccc4)c4ccccc4C#N)ccc2c1C31c2ccccc2-c2ccccc21. The van der Waals surface area contributed by atoms with Gasteiger partial charge in [0.15, 0.2) is 0 Å². The molecule has 0 saturated carbocycles. The highest BCUT2D eigenvalue weighted by molar-refractivity contribution is 6.10. The van der Waals surface area contributed by atoms with Crippen LogP contribution in [0.4, 0.5) is 28.4 Å². The molecule has 0 bridgehead atoms. The Morgan fingerprint density at radius 1 is 0.531 bits per heavy atom. The third kappa shape index (κ3) is 5.60. The second-order valence-corrected chi connectivity index (χ2v) is 16.2. The van der Waals surface area contributed by atoms with Gasteiger partial charge in [-0.2, -0.15) is 10.5 Å². The molecule has 0 atom stereocenters. The van der Waals surface area contributed by atoms with Crippen molar-refractivity contribution in [3.8, 4) is 34.4 Å². The molecule has 0 N–H and O–H groups in total. The zero-order valence-corrected chi connectivity index (χ0v) is 35.2. The van der Waals surface area contributed by atoms with Crippen molar-refractivity contribution in [3.63, 3.8) is 0 Å². The molecule has 0 heterocycles. The Bertz CT molecular complexity index is 3460. The molecule has 0 fully saturated rings. The number of benzene rings is 9. The minimum absolute atomic E-state index is 0.558. The van der Waals surface area contributed by atoms with Crippen LogP contribution < -0.4 is 9.80 Å². The molecule has 0 aromatic heterocycles. The van der Waals surface area contributed by atoms with Gasteiger partial charge >= 0.3 is 0 Å². The van der Waals surface area contributed by atoms with Gasteiger partial charge in [-0.05, 0) is 140 Å². The lowest BCUT2D eigenvalue weighted by Gasteiger charge is -2.33. The molecule has 4 heteroatoms. The van der Waals surface area contributed by atoms with Crippen molar-refractivity contribution in [2.45, 2.75) is 12.3 Å². The summed E-state index contributed by atoms with van der Waals surface area (Å²) in [5.74, 6) is 0. The quantitative estimate of drug-likeness (QED) is 0.113. The molecule has 2 aliphatic carbocycles. The van der Waals surface area contributed by atoms with Gasteiger partial charge in [0.25, 0.3) is 0 Å². The van der Waals surface area contributed by atoms with E-state index in [1.807, 2.05) is 79.7 Å². The highest BCUT2D eigenvalue weighted by atomic mass is 15.2. The van der Waals surface area contributed by atoms with Gasteiger partial charge in [0, 0.05) is 22.7 Å². The first-order chi connectivity index (χ1) is 31.6. The number of rotatable bonds is 8. The minimum atomic E-state index is -0.627. The van der Waals surface area contributed by atoms with Crippen LogP contribution in [0.1, 0.15) is 34.7 Å². The summed E-state index contributed by atoms with van der Waals surface area (Å²) in [6, 6.07) is 73.7. The van der Waals surface area contributed by atoms with Crippen molar-refractivity contribution in [3.05, 3.63) is 258 Å². The number of allylic oxidation sites excluding steroid dienone is 4. The average molecular weight is 817 g/mol. The van der Waals surface area contributed by atoms with Gasteiger partial charge in [0.05, 0.1) is 27.9 Å². The summed E-state index contributed by atoms with van der Waals surface area (Å²) < 4.78 is 0. The van der Waals surface area contributed by atoms with Crippen molar-refractivity contribution >= 4 is 50.0 Å². The van der Waals surface area contributed by atoms with Gasteiger partial charge in [-0.25, -0.2) is 0 Å². The largest absolute Gasteiger partial charge is 0.309 e. The maximum absolute atomic E-state index is 10.3. The third-order valence-corrected chi connectivity index (χ3v) is 13.0. The van der Waals surface area contributed by atoms with E-state index in [4.69, 9.17) is 0 Å². The van der Waals surface area contributed by atoms with Crippen molar-refractivity contribution in [2.24, 2.45) is 0 Å². The lowest BCUT2D eigenvalue weighted by atomic mass is 9.68. The molecule has 0 radical (unpaired) electrons. The maximum Gasteiger partial charge on any atom is 0.101 e. The third-order valence-electron chi connectivity index (χ3n) is 13.0. The zero-order chi connectivity index (χ0) is 43.4. The summed E-state index contributed by atoms with van der Waals surface area (Å²) in [5, 5.41) is 25.1. The van der Waals surface area contributed by atoms with E-state index in [9.17, 15) is 10.5 Å². The molecular formula is C60H40N4. The second kappa shape index (κ2) is 15.3. The Morgan fingerprint density at radius 3 is 1.64 bits per heavy atom. The summed E-state index contributed by atoms with van der Waals surface area (Å²) in [6.07, 6.45) is 5.51. The summed E-state index contributed by atoms with van der Waals surface area (Å²) in [4.78, 5) is 4.34. The Hall–Kier alpha value is -8.70. The minimum Gasteiger partial charge on any atom is -0.309 e. The Labute approximate surface area is 373 Å². The van der Waals surface area contributed by atoms with Crippen LogP contribution in [-0.4, -0.2) is 0 Å². The molecule has 300 valence electrons. The number of fused-ring (bicyclic) bond motifs is 14. The molecule has 0 aliphatic heterocycles. The molecule has 2 aliphatic rings. The Morgan fingerprint density at radius 2 is 1.06 bits per heavy atom. The van der Waals surface area contributed by atoms with Gasteiger partial charge in [-0.15, -0.1) is 0 Å². The summed E-state index contributed by atoms with van der Waals surface area (Å²) >= 11 is 0. The molecule has 0 saturated heterocycles. The van der Waals surface area contributed by atoms with Crippen LogP contribution in [-0.2, 0) is 5.41 Å². The van der Waals surface area contributed by atoms with Crippen molar-refractivity contribution < 1.29 is 0 Å². The molecule has 4 nitrogen and oxygen atoms in total. The fraction of sp³-hybridized carbons (Fsp3) is 0.0333. The van der Waals surface area contributed by atoms with Crippen molar-refractivity contribution in [2.75, 3.05) is 9.80 Å². The fourth-order valence-electron chi connectivity index (χ4n) is 10.5. The van der Waals surface area contributed by atoms with E-state index in [0.29, 0.717) is 11.1 Å². The highest BCUT2D eigenvalue weighted by Crippen LogP contribution is 2.65. The predicted octanol–water partition coefficient (Wildman–Crippen LogP) is 15.4. The van der Waals surface area contributed by atoms with E-state index >= 15 is 0 Å². The van der Waals surface area contributed by atoms with E-state index < -0.39 is 5.41 Å². The first-order valence-corrected chi connectivity index (χ1v) is 21.5.